The van der Waals surface area contributed by atoms with Crippen LogP contribution in [0.1, 0.15) is 49.9 Å². The molecule has 3 heteroatoms. The van der Waals surface area contributed by atoms with Crippen LogP contribution in [-0.2, 0) is 5.41 Å². The molecule has 0 aliphatic heterocycles. The Labute approximate surface area is 162 Å². The standard InChI is InChI=1S/C24H29FN2/c1-16-14-17(2)21(18(3)15-16)27-13-12-26-22(27)19-10-8-9-11-20(19)23(4,5)24(6,7)25/h8-15H,1-7H3. The fourth-order valence-electron chi connectivity index (χ4n) is 3.78. The van der Waals surface area contributed by atoms with Crippen LogP contribution in [0, 0.1) is 20.8 Å². The van der Waals surface area contributed by atoms with Gasteiger partial charge in [0.25, 0.3) is 0 Å². The molecule has 0 amide bonds. The summed E-state index contributed by atoms with van der Waals surface area (Å²) >= 11 is 0. The average molecular weight is 365 g/mol. The number of aryl methyl sites for hydroxylation is 3. The minimum Gasteiger partial charge on any atom is -0.299 e. The number of benzene rings is 2. The molecule has 0 unspecified atom stereocenters. The van der Waals surface area contributed by atoms with Crippen molar-refractivity contribution < 1.29 is 4.39 Å². The van der Waals surface area contributed by atoms with Crippen molar-refractivity contribution >= 4 is 0 Å². The van der Waals surface area contributed by atoms with E-state index in [-0.39, 0.29) is 0 Å². The number of rotatable bonds is 4. The second-order valence-corrected chi connectivity index (χ2v) is 8.51. The van der Waals surface area contributed by atoms with Gasteiger partial charge in [0.15, 0.2) is 0 Å². The maximum atomic E-state index is 15.0. The molecule has 0 N–H and O–H groups in total. The van der Waals surface area contributed by atoms with Gasteiger partial charge >= 0.3 is 0 Å². The van der Waals surface area contributed by atoms with Gasteiger partial charge in [-0.15, -0.1) is 0 Å². The Hall–Kier alpha value is -2.42. The van der Waals surface area contributed by atoms with Crippen LogP contribution in [0.25, 0.3) is 17.1 Å². The lowest BCUT2D eigenvalue weighted by molar-refractivity contribution is 0.114. The van der Waals surface area contributed by atoms with Gasteiger partial charge in [-0.1, -0.05) is 55.8 Å². The minimum atomic E-state index is -1.36. The zero-order valence-electron chi connectivity index (χ0n) is 17.4. The number of halogens is 1. The summed E-state index contributed by atoms with van der Waals surface area (Å²) in [6.07, 6.45) is 3.81. The van der Waals surface area contributed by atoms with Gasteiger partial charge in [-0.3, -0.25) is 4.57 Å². The van der Waals surface area contributed by atoms with Crippen molar-refractivity contribution in [2.24, 2.45) is 0 Å². The van der Waals surface area contributed by atoms with Crippen LogP contribution >= 0.6 is 0 Å². The van der Waals surface area contributed by atoms with E-state index in [9.17, 15) is 0 Å². The van der Waals surface area contributed by atoms with E-state index in [1.807, 2.05) is 50.5 Å². The molecule has 1 heterocycles. The van der Waals surface area contributed by atoms with Gasteiger partial charge in [0.1, 0.15) is 11.5 Å². The third kappa shape index (κ3) is 3.31. The van der Waals surface area contributed by atoms with Crippen LogP contribution < -0.4 is 0 Å². The summed E-state index contributed by atoms with van der Waals surface area (Å²) in [5.74, 6) is 0.845. The monoisotopic (exact) mass is 364 g/mol. The normalized spacial score (nSPS) is 12.4. The molecule has 2 nitrogen and oxygen atoms in total. The molecule has 0 atom stereocenters. The second kappa shape index (κ2) is 6.63. The van der Waals surface area contributed by atoms with Gasteiger partial charge in [0.05, 0.1) is 5.69 Å². The van der Waals surface area contributed by atoms with Crippen molar-refractivity contribution in [3.8, 4) is 17.1 Å². The molecule has 1 aromatic heterocycles. The Morgan fingerprint density at radius 3 is 2.11 bits per heavy atom. The summed E-state index contributed by atoms with van der Waals surface area (Å²) in [6, 6.07) is 12.4. The van der Waals surface area contributed by atoms with Crippen molar-refractivity contribution in [2.45, 2.75) is 59.5 Å². The number of alkyl halides is 1. The van der Waals surface area contributed by atoms with Crippen LogP contribution in [0.2, 0.25) is 0 Å². The highest BCUT2D eigenvalue weighted by molar-refractivity contribution is 5.66. The highest BCUT2D eigenvalue weighted by atomic mass is 19.1. The Morgan fingerprint density at radius 1 is 0.926 bits per heavy atom. The van der Waals surface area contributed by atoms with Crippen molar-refractivity contribution in [2.75, 3.05) is 0 Å². The predicted molar refractivity (Wildman–Crippen MR) is 111 cm³/mol. The summed E-state index contributed by atoms with van der Waals surface area (Å²) in [5.41, 5.74) is 4.71. The van der Waals surface area contributed by atoms with Crippen molar-refractivity contribution in [3.63, 3.8) is 0 Å². The largest absolute Gasteiger partial charge is 0.299 e. The topological polar surface area (TPSA) is 17.8 Å². The van der Waals surface area contributed by atoms with Crippen LogP contribution in [0.4, 0.5) is 4.39 Å². The molecule has 0 fully saturated rings. The number of imidazole rings is 1. The first-order valence-corrected chi connectivity index (χ1v) is 9.44. The SMILES string of the molecule is Cc1cc(C)c(-n2ccnc2-c2ccccc2C(C)(C)C(C)(C)F)c(C)c1. The summed E-state index contributed by atoms with van der Waals surface area (Å²) in [6.45, 7) is 13.6. The van der Waals surface area contributed by atoms with Crippen LogP contribution in [0.3, 0.4) is 0 Å². The zero-order chi connectivity index (χ0) is 20.0. The molecule has 0 saturated carbocycles. The van der Waals surface area contributed by atoms with Crippen LogP contribution in [-0.4, -0.2) is 15.2 Å². The van der Waals surface area contributed by atoms with Crippen LogP contribution in [0.15, 0.2) is 48.8 Å². The fraction of sp³-hybridized carbons (Fsp3) is 0.375. The summed E-state index contributed by atoms with van der Waals surface area (Å²) < 4.78 is 17.2. The Bertz CT molecular complexity index is 951. The first-order chi connectivity index (χ1) is 12.5. The van der Waals surface area contributed by atoms with E-state index in [0.29, 0.717) is 0 Å². The molecule has 0 bridgehead atoms. The van der Waals surface area contributed by atoms with Crippen molar-refractivity contribution in [1.82, 2.24) is 9.55 Å². The molecular weight excluding hydrogens is 335 g/mol. The van der Waals surface area contributed by atoms with Gasteiger partial charge in [-0.25, -0.2) is 9.37 Å². The van der Waals surface area contributed by atoms with E-state index in [1.165, 1.54) is 16.7 Å². The van der Waals surface area contributed by atoms with Gasteiger partial charge < -0.3 is 0 Å². The van der Waals surface area contributed by atoms with Gasteiger partial charge in [-0.05, 0) is 51.3 Å². The number of aromatic nitrogens is 2. The molecule has 0 saturated heterocycles. The molecule has 0 aliphatic rings. The number of nitrogens with zero attached hydrogens (tertiary/aromatic N) is 2. The maximum absolute atomic E-state index is 15.0. The Kier molecular flexibility index (Phi) is 4.75. The lowest BCUT2D eigenvalue weighted by Crippen LogP contribution is -2.39. The van der Waals surface area contributed by atoms with E-state index in [1.54, 1.807) is 13.8 Å². The molecule has 3 aromatic rings. The lowest BCUT2D eigenvalue weighted by atomic mass is 9.71. The molecule has 0 aliphatic carbocycles. The van der Waals surface area contributed by atoms with E-state index in [4.69, 9.17) is 0 Å². The van der Waals surface area contributed by atoms with Crippen LogP contribution in [0.5, 0.6) is 0 Å². The van der Waals surface area contributed by atoms with E-state index >= 15 is 4.39 Å². The average Bonchev–Trinajstić information content (AvgIpc) is 3.02. The quantitative estimate of drug-likeness (QED) is 0.517. The molecule has 0 spiro atoms. The molecule has 3 rings (SSSR count). The van der Waals surface area contributed by atoms with E-state index in [2.05, 4.69) is 42.5 Å². The Morgan fingerprint density at radius 2 is 1.52 bits per heavy atom. The number of hydrogen-bond acceptors (Lipinski definition) is 1. The minimum absolute atomic E-state index is 0.655. The van der Waals surface area contributed by atoms with Gasteiger partial charge in [-0.2, -0.15) is 0 Å². The summed E-state index contributed by atoms with van der Waals surface area (Å²) in [7, 11) is 0. The lowest BCUT2D eigenvalue weighted by Gasteiger charge is -2.37. The van der Waals surface area contributed by atoms with Gasteiger partial charge in [0.2, 0.25) is 0 Å². The van der Waals surface area contributed by atoms with Crippen molar-refractivity contribution in [3.05, 3.63) is 71.0 Å². The summed E-state index contributed by atoms with van der Waals surface area (Å²) in [4.78, 5) is 4.66. The smallest absolute Gasteiger partial charge is 0.144 e. The molecular formula is C24H29FN2. The molecule has 142 valence electrons. The van der Waals surface area contributed by atoms with Gasteiger partial charge in [0, 0.05) is 23.4 Å². The third-order valence-electron chi connectivity index (χ3n) is 5.84. The zero-order valence-corrected chi connectivity index (χ0v) is 17.4. The first-order valence-electron chi connectivity index (χ1n) is 9.44. The second-order valence-electron chi connectivity index (χ2n) is 8.51. The third-order valence-corrected chi connectivity index (χ3v) is 5.84. The highest BCUT2D eigenvalue weighted by Gasteiger charge is 2.40. The number of hydrogen-bond donors (Lipinski definition) is 0. The fourth-order valence-corrected chi connectivity index (χ4v) is 3.78. The molecule has 2 aromatic carbocycles. The van der Waals surface area contributed by atoms with Crippen molar-refractivity contribution in [1.29, 1.82) is 0 Å². The molecule has 0 radical (unpaired) electrons. The van der Waals surface area contributed by atoms with E-state index in [0.717, 1.165) is 22.6 Å². The molecule has 27 heavy (non-hydrogen) atoms. The predicted octanol–water partition coefficient (Wildman–Crippen LogP) is 6.49. The summed E-state index contributed by atoms with van der Waals surface area (Å²) in [5, 5.41) is 0. The van der Waals surface area contributed by atoms with E-state index < -0.39 is 11.1 Å². The highest BCUT2D eigenvalue weighted by Crippen LogP contribution is 2.42. The maximum Gasteiger partial charge on any atom is 0.144 e. The first kappa shape index (κ1) is 19.3. The Balaban J connectivity index is 2.25.